The van der Waals surface area contributed by atoms with Gasteiger partial charge in [0.05, 0.1) is 6.54 Å². The van der Waals surface area contributed by atoms with Crippen LogP contribution >= 0.6 is 11.3 Å². The number of thiophene rings is 1. The van der Waals surface area contributed by atoms with Gasteiger partial charge in [0.15, 0.2) is 0 Å². The molecule has 0 saturated carbocycles. The second-order valence-corrected chi connectivity index (χ2v) is 5.60. The number of nitrogens with zero attached hydrogens (tertiary/aromatic N) is 1. The second-order valence-electron chi connectivity index (χ2n) is 2.38. The first-order valence-corrected chi connectivity index (χ1v) is 5.84. The van der Waals surface area contributed by atoms with Crippen molar-refractivity contribution in [3.63, 3.8) is 0 Å². The van der Waals surface area contributed by atoms with E-state index >= 15 is 0 Å². The van der Waals surface area contributed by atoms with Crippen LogP contribution in [0.2, 0.25) is 0 Å². The molecule has 1 aromatic rings. The molecule has 1 heterocycles. The topological polar surface area (TPSA) is 54.5 Å². The number of carbonyl (C=O) groups is 1. The maximum Gasteiger partial charge on any atom is 0.252 e. The molecule has 6 heteroatoms. The lowest BCUT2D eigenvalue weighted by atomic mass is 10.7. The van der Waals surface area contributed by atoms with Crippen molar-refractivity contribution in [2.45, 2.75) is 4.21 Å². The van der Waals surface area contributed by atoms with Gasteiger partial charge in [0.1, 0.15) is 10.5 Å². The molecule has 0 radical (unpaired) electrons. The van der Waals surface area contributed by atoms with Gasteiger partial charge in [-0.3, -0.25) is 0 Å². The monoisotopic (exact) mass is 219 g/mol. The summed E-state index contributed by atoms with van der Waals surface area (Å²) >= 11 is 1.14. The molecule has 0 N–H and O–H groups in total. The predicted molar refractivity (Wildman–Crippen MR) is 50.2 cm³/mol. The minimum atomic E-state index is -3.44. The average Bonchev–Trinajstić information content (AvgIpc) is 2.56. The lowest BCUT2D eigenvalue weighted by molar-refractivity contribution is -0.107. The number of hydrogen-bond donors (Lipinski definition) is 0. The van der Waals surface area contributed by atoms with Gasteiger partial charge in [0.2, 0.25) is 0 Å². The Balaban J connectivity index is 2.96. The van der Waals surface area contributed by atoms with Gasteiger partial charge in [0, 0.05) is 7.05 Å². The van der Waals surface area contributed by atoms with Crippen molar-refractivity contribution in [3.05, 3.63) is 17.5 Å². The zero-order valence-electron chi connectivity index (χ0n) is 7.00. The molecule has 1 aromatic heterocycles. The Morgan fingerprint density at radius 1 is 1.62 bits per heavy atom. The van der Waals surface area contributed by atoms with Gasteiger partial charge in [-0.15, -0.1) is 11.3 Å². The largest absolute Gasteiger partial charge is 0.302 e. The third-order valence-electron chi connectivity index (χ3n) is 1.49. The fraction of sp³-hybridized carbons (Fsp3) is 0.286. The quantitative estimate of drug-likeness (QED) is 0.696. The summed E-state index contributed by atoms with van der Waals surface area (Å²) in [6.07, 6.45) is 0.561. The van der Waals surface area contributed by atoms with Crippen molar-refractivity contribution in [2.75, 3.05) is 13.6 Å². The SMILES string of the molecule is CN(CC=O)S(=O)(=O)c1cccs1. The molecule has 0 aliphatic rings. The molecule has 0 fully saturated rings. The molecule has 13 heavy (non-hydrogen) atoms. The molecule has 0 atom stereocenters. The Morgan fingerprint density at radius 3 is 2.77 bits per heavy atom. The van der Waals surface area contributed by atoms with Crippen LogP contribution in [-0.4, -0.2) is 32.6 Å². The van der Waals surface area contributed by atoms with Crippen LogP contribution in [0.1, 0.15) is 0 Å². The van der Waals surface area contributed by atoms with Gasteiger partial charge < -0.3 is 4.79 Å². The Labute approximate surface area is 80.8 Å². The molecular formula is C7H9NO3S2. The summed E-state index contributed by atoms with van der Waals surface area (Å²) in [7, 11) is -2.06. The standard InChI is InChI=1S/C7H9NO3S2/c1-8(4-5-9)13(10,11)7-3-2-6-12-7/h2-3,5-6H,4H2,1H3. The third kappa shape index (κ3) is 2.15. The number of likely N-dealkylation sites (N-methyl/N-ethyl adjacent to an activating group) is 1. The second kappa shape index (κ2) is 3.99. The summed E-state index contributed by atoms with van der Waals surface area (Å²) in [6.45, 7) is -0.111. The van der Waals surface area contributed by atoms with Gasteiger partial charge in [-0.1, -0.05) is 6.07 Å². The third-order valence-corrected chi connectivity index (χ3v) is 4.69. The first-order chi connectivity index (χ1) is 6.09. The minimum absolute atomic E-state index is 0.111. The molecule has 0 bridgehead atoms. The first kappa shape index (κ1) is 10.4. The van der Waals surface area contributed by atoms with Crippen LogP contribution in [0.4, 0.5) is 0 Å². The fourth-order valence-electron chi connectivity index (χ4n) is 0.767. The lowest BCUT2D eigenvalue weighted by Crippen LogP contribution is -2.27. The van der Waals surface area contributed by atoms with E-state index in [4.69, 9.17) is 0 Å². The van der Waals surface area contributed by atoms with E-state index in [9.17, 15) is 13.2 Å². The molecule has 0 spiro atoms. The smallest absolute Gasteiger partial charge is 0.252 e. The molecule has 72 valence electrons. The molecule has 0 aliphatic carbocycles. The van der Waals surface area contributed by atoms with Crippen molar-refractivity contribution in [1.29, 1.82) is 0 Å². The highest BCUT2D eigenvalue weighted by atomic mass is 32.2. The zero-order valence-corrected chi connectivity index (χ0v) is 8.64. The summed E-state index contributed by atoms with van der Waals surface area (Å²) in [4.78, 5) is 10.1. The van der Waals surface area contributed by atoms with Crippen molar-refractivity contribution in [3.8, 4) is 0 Å². The number of carbonyl (C=O) groups excluding carboxylic acids is 1. The van der Waals surface area contributed by atoms with E-state index in [-0.39, 0.29) is 10.8 Å². The van der Waals surface area contributed by atoms with Crippen LogP contribution in [0.3, 0.4) is 0 Å². The van der Waals surface area contributed by atoms with Crippen LogP contribution in [0, 0.1) is 0 Å². The van der Waals surface area contributed by atoms with Crippen LogP contribution in [-0.2, 0) is 14.8 Å². The molecular weight excluding hydrogens is 210 g/mol. The number of sulfonamides is 1. The fourth-order valence-corrected chi connectivity index (χ4v) is 3.06. The van der Waals surface area contributed by atoms with Crippen molar-refractivity contribution in [2.24, 2.45) is 0 Å². The van der Waals surface area contributed by atoms with Crippen molar-refractivity contribution < 1.29 is 13.2 Å². The van der Waals surface area contributed by atoms with Gasteiger partial charge in [-0.05, 0) is 11.4 Å². The molecule has 0 unspecified atom stereocenters. The Kier molecular flexibility index (Phi) is 3.18. The maximum absolute atomic E-state index is 11.6. The van der Waals surface area contributed by atoms with E-state index in [2.05, 4.69) is 0 Å². The Bertz CT molecular complexity index is 368. The van der Waals surface area contributed by atoms with Gasteiger partial charge in [-0.2, -0.15) is 4.31 Å². The number of hydrogen-bond acceptors (Lipinski definition) is 4. The van der Waals surface area contributed by atoms with E-state index in [0.717, 1.165) is 15.6 Å². The summed E-state index contributed by atoms with van der Waals surface area (Å²) in [5.74, 6) is 0. The summed E-state index contributed by atoms with van der Waals surface area (Å²) < 4.78 is 24.4. The van der Waals surface area contributed by atoms with E-state index < -0.39 is 10.0 Å². The summed E-state index contributed by atoms with van der Waals surface area (Å²) in [5, 5.41) is 1.68. The molecule has 0 amide bonds. The molecule has 0 aromatic carbocycles. The molecule has 0 aliphatic heterocycles. The molecule has 4 nitrogen and oxygen atoms in total. The first-order valence-electron chi connectivity index (χ1n) is 3.52. The summed E-state index contributed by atoms with van der Waals surface area (Å²) in [6, 6.07) is 3.17. The predicted octanol–water partition coefficient (Wildman–Crippen LogP) is 0.567. The van der Waals surface area contributed by atoms with E-state index in [1.807, 2.05) is 0 Å². The maximum atomic E-state index is 11.6. The van der Waals surface area contributed by atoms with E-state index in [1.54, 1.807) is 11.4 Å². The normalized spacial score (nSPS) is 11.8. The highest BCUT2D eigenvalue weighted by molar-refractivity contribution is 7.91. The molecule has 0 saturated heterocycles. The number of aldehydes is 1. The lowest BCUT2D eigenvalue weighted by Gasteiger charge is -2.11. The van der Waals surface area contributed by atoms with Crippen LogP contribution < -0.4 is 0 Å². The van der Waals surface area contributed by atoms with E-state index in [0.29, 0.717) is 6.29 Å². The average molecular weight is 219 g/mol. The number of rotatable bonds is 4. The van der Waals surface area contributed by atoms with Crippen LogP contribution in [0.25, 0.3) is 0 Å². The van der Waals surface area contributed by atoms with Crippen molar-refractivity contribution >= 4 is 27.6 Å². The van der Waals surface area contributed by atoms with Crippen molar-refractivity contribution in [1.82, 2.24) is 4.31 Å². The Morgan fingerprint density at radius 2 is 2.31 bits per heavy atom. The van der Waals surface area contributed by atoms with Gasteiger partial charge in [-0.25, -0.2) is 8.42 Å². The van der Waals surface area contributed by atoms with E-state index in [1.165, 1.54) is 13.1 Å². The zero-order chi connectivity index (χ0) is 9.90. The minimum Gasteiger partial charge on any atom is -0.302 e. The highest BCUT2D eigenvalue weighted by Crippen LogP contribution is 2.18. The van der Waals surface area contributed by atoms with Crippen LogP contribution in [0.15, 0.2) is 21.7 Å². The highest BCUT2D eigenvalue weighted by Gasteiger charge is 2.20. The van der Waals surface area contributed by atoms with Gasteiger partial charge >= 0.3 is 0 Å². The van der Waals surface area contributed by atoms with Crippen LogP contribution in [0.5, 0.6) is 0 Å². The molecule has 1 rings (SSSR count). The van der Waals surface area contributed by atoms with Gasteiger partial charge in [0.25, 0.3) is 10.0 Å². The Hall–Kier alpha value is -0.720. The summed E-state index contributed by atoms with van der Waals surface area (Å²) in [5.41, 5.74) is 0.